The summed E-state index contributed by atoms with van der Waals surface area (Å²) in [5.74, 6) is 0.741. The summed E-state index contributed by atoms with van der Waals surface area (Å²) in [4.78, 5) is 27.5. The minimum atomic E-state index is -0.443. The molecule has 1 aliphatic rings. The van der Waals surface area contributed by atoms with Gasteiger partial charge in [-0.1, -0.05) is 51.1 Å². The number of carbonyl (C=O) groups excluding carboxylic acids is 2. The average molecular weight is 519 g/mol. The summed E-state index contributed by atoms with van der Waals surface area (Å²) in [6, 6.07) is 29.0. The monoisotopic (exact) mass is 518 g/mol. The zero-order valence-electron chi connectivity index (χ0n) is 22.2. The lowest BCUT2D eigenvalue weighted by molar-refractivity contribution is -0.122. The summed E-state index contributed by atoms with van der Waals surface area (Å²) >= 11 is 0. The Kier molecular flexibility index (Phi) is 6.10. The van der Waals surface area contributed by atoms with Crippen LogP contribution in [0, 0.1) is 5.92 Å². The molecular weight excluding hydrogens is 488 g/mol. The molecule has 6 nitrogen and oxygen atoms in total. The van der Waals surface area contributed by atoms with Gasteiger partial charge >= 0.3 is 0 Å². The summed E-state index contributed by atoms with van der Waals surface area (Å²) in [6.07, 6.45) is 0.164. The molecule has 2 heterocycles. The third-order valence-electron chi connectivity index (χ3n) is 7.25. The number of hydrogen-bond donors (Lipinski definition) is 1. The lowest BCUT2D eigenvalue weighted by Gasteiger charge is -2.19. The van der Waals surface area contributed by atoms with Gasteiger partial charge in [-0.05, 0) is 65.6 Å². The van der Waals surface area contributed by atoms with E-state index >= 15 is 0 Å². The Bertz CT molecular complexity index is 1680. The van der Waals surface area contributed by atoms with Crippen molar-refractivity contribution in [1.82, 2.24) is 0 Å². The van der Waals surface area contributed by atoms with Crippen molar-refractivity contribution < 1.29 is 18.7 Å². The van der Waals surface area contributed by atoms with E-state index in [0.717, 1.165) is 27.8 Å². The number of amides is 2. The molecule has 1 N–H and O–H groups in total. The van der Waals surface area contributed by atoms with Crippen molar-refractivity contribution in [3.8, 4) is 11.5 Å². The van der Waals surface area contributed by atoms with Crippen LogP contribution in [0.5, 0.6) is 11.5 Å². The van der Waals surface area contributed by atoms with E-state index in [1.54, 1.807) is 4.90 Å². The first-order valence-electron chi connectivity index (χ1n) is 13.2. The zero-order chi connectivity index (χ0) is 27.1. The van der Waals surface area contributed by atoms with E-state index in [2.05, 4.69) is 38.2 Å². The topological polar surface area (TPSA) is 71.8 Å². The summed E-state index contributed by atoms with van der Waals surface area (Å²) in [7, 11) is 0. The van der Waals surface area contributed by atoms with E-state index < -0.39 is 5.92 Å². The number of carbonyl (C=O) groups is 2. The van der Waals surface area contributed by atoms with Gasteiger partial charge in [0.1, 0.15) is 22.7 Å². The molecule has 2 amide bonds. The molecule has 5 aromatic rings. The first-order valence-corrected chi connectivity index (χ1v) is 13.2. The second-order valence-electron chi connectivity index (χ2n) is 11.1. The van der Waals surface area contributed by atoms with Crippen LogP contribution in [0.15, 0.2) is 95.4 Å². The molecule has 1 saturated heterocycles. The zero-order valence-corrected chi connectivity index (χ0v) is 22.2. The van der Waals surface area contributed by atoms with Crippen LogP contribution in [0.3, 0.4) is 0 Å². The Labute approximate surface area is 227 Å². The number of anilines is 2. The standard InChI is InChI=1S/C33H30N2O4/c1-33(2,3)22-8-13-25(14-9-22)38-26-15-11-24(12-16-26)35-20-21(18-31(35)36)32(37)34-23-10-17-28-27-6-4-5-7-29(27)39-30(28)19-23/h4-17,19,21H,18,20H2,1-3H3,(H,34,37)/t21-/m0/s1. The van der Waals surface area contributed by atoms with Crippen LogP contribution in [-0.2, 0) is 15.0 Å². The predicted octanol–water partition coefficient (Wildman–Crippen LogP) is 7.67. The van der Waals surface area contributed by atoms with Crippen LogP contribution in [0.25, 0.3) is 21.9 Å². The minimum absolute atomic E-state index is 0.0747. The second-order valence-corrected chi connectivity index (χ2v) is 11.1. The fourth-order valence-corrected chi connectivity index (χ4v) is 5.03. The smallest absolute Gasteiger partial charge is 0.229 e. The number of ether oxygens (including phenoxy) is 1. The maximum absolute atomic E-state index is 13.0. The molecule has 0 saturated carbocycles. The quantitative estimate of drug-likeness (QED) is 0.259. The van der Waals surface area contributed by atoms with Gasteiger partial charge in [0.2, 0.25) is 11.8 Å². The largest absolute Gasteiger partial charge is 0.457 e. The number of nitrogens with one attached hydrogen (secondary N) is 1. The van der Waals surface area contributed by atoms with Gasteiger partial charge in [0.15, 0.2) is 0 Å². The molecule has 6 heteroatoms. The Morgan fingerprint density at radius 2 is 1.54 bits per heavy atom. The Morgan fingerprint density at radius 1 is 0.872 bits per heavy atom. The molecule has 1 atom stereocenters. The maximum atomic E-state index is 13.0. The van der Waals surface area contributed by atoms with Crippen molar-refractivity contribution in [1.29, 1.82) is 0 Å². The third-order valence-corrected chi connectivity index (χ3v) is 7.25. The average Bonchev–Trinajstić information content (AvgIpc) is 3.49. The fourth-order valence-electron chi connectivity index (χ4n) is 5.03. The molecule has 6 rings (SSSR count). The number of benzene rings is 4. The first kappa shape index (κ1) is 24.7. The lowest BCUT2D eigenvalue weighted by Crippen LogP contribution is -2.28. The first-order chi connectivity index (χ1) is 18.7. The molecule has 0 spiro atoms. The number of rotatable bonds is 5. The summed E-state index contributed by atoms with van der Waals surface area (Å²) in [5, 5.41) is 5.00. The SMILES string of the molecule is CC(C)(C)c1ccc(Oc2ccc(N3C[C@@H](C(=O)Nc4ccc5c(c4)oc4ccccc45)CC3=O)cc2)cc1. The summed E-state index contributed by atoms with van der Waals surface area (Å²) in [5.41, 5.74) is 4.24. The Balaban J connectivity index is 1.10. The van der Waals surface area contributed by atoms with Gasteiger partial charge in [-0.3, -0.25) is 9.59 Å². The highest BCUT2D eigenvalue weighted by molar-refractivity contribution is 6.07. The van der Waals surface area contributed by atoms with Crippen LogP contribution in [0.4, 0.5) is 11.4 Å². The maximum Gasteiger partial charge on any atom is 0.229 e. The van der Waals surface area contributed by atoms with E-state index in [9.17, 15) is 9.59 Å². The molecule has 196 valence electrons. The second kappa shape index (κ2) is 9.62. The van der Waals surface area contributed by atoms with Crippen LogP contribution >= 0.6 is 0 Å². The third kappa shape index (κ3) is 4.98. The molecule has 0 radical (unpaired) electrons. The molecule has 0 unspecified atom stereocenters. The molecule has 39 heavy (non-hydrogen) atoms. The molecule has 0 aliphatic carbocycles. The number of nitrogens with zero attached hydrogens (tertiary/aromatic N) is 1. The Hall–Kier alpha value is -4.58. The van der Waals surface area contributed by atoms with E-state index in [1.165, 1.54) is 5.56 Å². The number of furan rings is 1. The van der Waals surface area contributed by atoms with E-state index in [0.29, 0.717) is 23.6 Å². The van der Waals surface area contributed by atoms with Crippen LogP contribution in [0.1, 0.15) is 32.8 Å². The van der Waals surface area contributed by atoms with Crippen molar-refractivity contribution in [2.75, 3.05) is 16.8 Å². The van der Waals surface area contributed by atoms with Crippen LogP contribution in [-0.4, -0.2) is 18.4 Å². The van der Waals surface area contributed by atoms with Crippen molar-refractivity contribution in [2.24, 2.45) is 5.92 Å². The normalized spacial score (nSPS) is 15.7. The van der Waals surface area contributed by atoms with Gasteiger partial charge < -0.3 is 19.4 Å². The predicted molar refractivity (Wildman–Crippen MR) is 154 cm³/mol. The number of fused-ring (bicyclic) bond motifs is 3. The highest BCUT2D eigenvalue weighted by atomic mass is 16.5. The molecule has 1 fully saturated rings. The van der Waals surface area contributed by atoms with Crippen molar-refractivity contribution >= 4 is 45.1 Å². The molecular formula is C33H30N2O4. The van der Waals surface area contributed by atoms with Gasteiger partial charge in [-0.25, -0.2) is 0 Å². The number of hydrogen-bond acceptors (Lipinski definition) is 4. The van der Waals surface area contributed by atoms with Crippen LogP contribution < -0.4 is 15.0 Å². The van der Waals surface area contributed by atoms with Crippen molar-refractivity contribution in [3.05, 3.63) is 96.6 Å². The highest BCUT2D eigenvalue weighted by Gasteiger charge is 2.35. The highest BCUT2D eigenvalue weighted by Crippen LogP contribution is 2.32. The van der Waals surface area contributed by atoms with Crippen LogP contribution in [0.2, 0.25) is 0 Å². The molecule has 0 bridgehead atoms. The number of para-hydroxylation sites is 1. The van der Waals surface area contributed by atoms with Gasteiger partial charge in [0, 0.05) is 41.2 Å². The fraction of sp³-hybridized carbons (Fsp3) is 0.212. The summed E-state index contributed by atoms with van der Waals surface area (Å²) in [6.45, 7) is 6.86. The van der Waals surface area contributed by atoms with Gasteiger partial charge in [-0.2, -0.15) is 0 Å². The molecule has 1 aromatic heterocycles. The van der Waals surface area contributed by atoms with Gasteiger partial charge in [-0.15, -0.1) is 0 Å². The Morgan fingerprint density at radius 3 is 2.26 bits per heavy atom. The van der Waals surface area contributed by atoms with Crippen molar-refractivity contribution in [2.45, 2.75) is 32.6 Å². The van der Waals surface area contributed by atoms with Gasteiger partial charge in [0.25, 0.3) is 0 Å². The minimum Gasteiger partial charge on any atom is -0.457 e. The molecule has 4 aromatic carbocycles. The summed E-state index contributed by atoms with van der Waals surface area (Å²) < 4.78 is 11.9. The molecule has 1 aliphatic heterocycles. The van der Waals surface area contributed by atoms with E-state index in [1.807, 2.05) is 78.9 Å². The van der Waals surface area contributed by atoms with Crippen molar-refractivity contribution in [3.63, 3.8) is 0 Å². The lowest BCUT2D eigenvalue weighted by atomic mass is 9.87. The van der Waals surface area contributed by atoms with E-state index in [-0.39, 0.29) is 23.7 Å². The van der Waals surface area contributed by atoms with Gasteiger partial charge in [0.05, 0.1) is 5.92 Å². The van der Waals surface area contributed by atoms with E-state index in [4.69, 9.17) is 9.15 Å².